The first-order chi connectivity index (χ1) is 7.27. The van der Waals surface area contributed by atoms with Gasteiger partial charge in [0, 0.05) is 12.1 Å². The third kappa shape index (κ3) is 5.53. The van der Waals surface area contributed by atoms with Crippen molar-refractivity contribution in [1.29, 1.82) is 0 Å². The molecule has 0 radical (unpaired) electrons. The van der Waals surface area contributed by atoms with Gasteiger partial charge in [-0.15, -0.1) is 0 Å². The highest BCUT2D eigenvalue weighted by atomic mass is 15.2. The van der Waals surface area contributed by atoms with Crippen molar-refractivity contribution >= 4 is 0 Å². The molecule has 1 saturated carbocycles. The Morgan fingerprint density at radius 2 is 2.00 bits per heavy atom. The number of hydrogen-bond donors (Lipinski definition) is 1. The Kier molecular flexibility index (Phi) is 6.26. The van der Waals surface area contributed by atoms with E-state index in [0.29, 0.717) is 6.04 Å². The molecule has 0 amide bonds. The molecule has 0 aromatic rings. The van der Waals surface area contributed by atoms with Crippen LogP contribution in [-0.2, 0) is 0 Å². The van der Waals surface area contributed by atoms with E-state index in [-0.39, 0.29) is 0 Å². The summed E-state index contributed by atoms with van der Waals surface area (Å²) in [5, 5.41) is 3.30. The molecule has 0 spiro atoms. The van der Waals surface area contributed by atoms with Gasteiger partial charge in [-0.25, -0.2) is 0 Å². The summed E-state index contributed by atoms with van der Waals surface area (Å²) in [7, 11) is 2.05. The Hall–Kier alpha value is -0.0800. The van der Waals surface area contributed by atoms with Crippen LogP contribution in [0.25, 0.3) is 0 Å². The van der Waals surface area contributed by atoms with Crippen molar-refractivity contribution < 1.29 is 0 Å². The highest BCUT2D eigenvalue weighted by Gasteiger charge is 2.27. The fraction of sp³-hybridized carbons (Fsp3) is 1.00. The SMILES string of the molecule is CCCN(CCCCC(C)NC)C1CC1. The lowest BCUT2D eigenvalue weighted by atomic mass is 10.1. The first-order valence-electron chi connectivity index (χ1n) is 6.69. The lowest BCUT2D eigenvalue weighted by Crippen LogP contribution is -2.28. The van der Waals surface area contributed by atoms with Crippen LogP contribution in [0.4, 0.5) is 0 Å². The first-order valence-corrected chi connectivity index (χ1v) is 6.69. The second-order valence-electron chi connectivity index (χ2n) is 4.95. The highest BCUT2D eigenvalue weighted by molar-refractivity contribution is 4.84. The van der Waals surface area contributed by atoms with E-state index in [9.17, 15) is 0 Å². The first kappa shape index (κ1) is 13.0. The van der Waals surface area contributed by atoms with E-state index in [4.69, 9.17) is 0 Å². The predicted octanol–water partition coefficient (Wildman–Crippen LogP) is 2.64. The van der Waals surface area contributed by atoms with Crippen LogP contribution in [0, 0.1) is 0 Å². The Morgan fingerprint density at radius 3 is 2.53 bits per heavy atom. The Balaban J connectivity index is 2.01. The lowest BCUT2D eigenvalue weighted by molar-refractivity contribution is 0.256. The molecule has 0 saturated heterocycles. The molecule has 1 fully saturated rings. The number of rotatable bonds is 9. The second kappa shape index (κ2) is 7.24. The van der Waals surface area contributed by atoms with Gasteiger partial charge in [-0.1, -0.05) is 13.3 Å². The zero-order chi connectivity index (χ0) is 11.1. The molecule has 2 heteroatoms. The van der Waals surface area contributed by atoms with E-state index < -0.39 is 0 Å². The van der Waals surface area contributed by atoms with E-state index in [0.717, 1.165) is 6.04 Å². The van der Waals surface area contributed by atoms with Gasteiger partial charge in [-0.3, -0.25) is 0 Å². The third-order valence-corrected chi connectivity index (χ3v) is 3.40. The largest absolute Gasteiger partial charge is 0.317 e. The van der Waals surface area contributed by atoms with Gasteiger partial charge >= 0.3 is 0 Å². The van der Waals surface area contributed by atoms with Gasteiger partial charge in [0.25, 0.3) is 0 Å². The van der Waals surface area contributed by atoms with Gasteiger partial charge in [0.2, 0.25) is 0 Å². The smallest absolute Gasteiger partial charge is 0.00964 e. The summed E-state index contributed by atoms with van der Waals surface area (Å²) in [4.78, 5) is 2.70. The topological polar surface area (TPSA) is 15.3 Å². The molecule has 1 unspecified atom stereocenters. The van der Waals surface area contributed by atoms with E-state index in [1.807, 2.05) is 0 Å². The minimum absolute atomic E-state index is 0.686. The lowest BCUT2D eigenvalue weighted by Gasteiger charge is -2.21. The maximum absolute atomic E-state index is 3.30. The quantitative estimate of drug-likeness (QED) is 0.591. The zero-order valence-electron chi connectivity index (χ0n) is 10.8. The molecule has 0 aromatic carbocycles. The van der Waals surface area contributed by atoms with E-state index >= 15 is 0 Å². The maximum atomic E-state index is 3.30. The molecule has 1 aliphatic carbocycles. The van der Waals surface area contributed by atoms with E-state index in [1.54, 1.807) is 0 Å². The average molecular weight is 212 g/mol. The minimum atomic E-state index is 0.686. The Morgan fingerprint density at radius 1 is 1.27 bits per heavy atom. The summed E-state index contributed by atoms with van der Waals surface area (Å²) in [6, 6.07) is 1.64. The fourth-order valence-electron chi connectivity index (χ4n) is 2.11. The summed E-state index contributed by atoms with van der Waals surface area (Å²) >= 11 is 0. The number of hydrogen-bond acceptors (Lipinski definition) is 2. The summed E-state index contributed by atoms with van der Waals surface area (Å²) in [5.74, 6) is 0. The highest BCUT2D eigenvalue weighted by Crippen LogP contribution is 2.27. The van der Waals surface area contributed by atoms with Crippen molar-refractivity contribution in [1.82, 2.24) is 10.2 Å². The van der Waals surface area contributed by atoms with Gasteiger partial charge in [0.1, 0.15) is 0 Å². The van der Waals surface area contributed by atoms with Crippen LogP contribution >= 0.6 is 0 Å². The molecule has 2 nitrogen and oxygen atoms in total. The van der Waals surface area contributed by atoms with Gasteiger partial charge in [0.05, 0.1) is 0 Å². The van der Waals surface area contributed by atoms with Gasteiger partial charge in [-0.05, 0) is 59.2 Å². The van der Waals surface area contributed by atoms with Crippen LogP contribution in [0.3, 0.4) is 0 Å². The van der Waals surface area contributed by atoms with Gasteiger partial charge < -0.3 is 10.2 Å². The standard InChI is InChI=1S/C13H28N2/c1-4-10-15(13-8-9-13)11-6-5-7-12(2)14-3/h12-14H,4-11H2,1-3H3. The van der Waals surface area contributed by atoms with E-state index in [2.05, 4.69) is 31.1 Å². The molecular weight excluding hydrogens is 184 g/mol. The number of unbranched alkanes of at least 4 members (excludes halogenated alkanes) is 1. The molecule has 1 aliphatic rings. The summed E-state index contributed by atoms with van der Waals surface area (Å²) in [5.41, 5.74) is 0. The molecule has 15 heavy (non-hydrogen) atoms. The summed E-state index contributed by atoms with van der Waals surface area (Å²) in [6.45, 7) is 7.20. The van der Waals surface area contributed by atoms with Crippen molar-refractivity contribution in [3.63, 3.8) is 0 Å². The van der Waals surface area contributed by atoms with Crippen molar-refractivity contribution in [2.75, 3.05) is 20.1 Å². The van der Waals surface area contributed by atoms with Crippen molar-refractivity contribution in [3.05, 3.63) is 0 Å². The molecule has 1 rings (SSSR count). The molecule has 0 aromatic heterocycles. The summed E-state index contributed by atoms with van der Waals surface area (Å²) in [6.07, 6.45) is 8.28. The Bertz CT molecular complexity index is 155. The van der Waals surface area contributed by atoms with Crippen LogP contribution in [0.15, 0.2) is 0 Å². The van der Waals surface area contributed by atoms with Crippen molar-refractivity contribution in [3.8, 4) is 0 Å². The maximum Gasteiger partial charge on any atom is 0.00964 e. The second-order valence-corrected chi connectivity index (χ2v) is 4.95. The van der Waals surface area contributed by atoms with E-state index in [1.165, 1.54) is 51.6 Å². The molecule has 0 bridgehead atoms. The predicted molar refractivity (Wildman–Crippen MR) is 67.3 cm³/mol. The molecule has 1 N–H and O–H groups in total. The molecule has 0 aliphatic heterocycles. The van der Waals surface area contributed by atoms with Gasteiger partial charge in [-0.2, -0.15) is 0 Å². The Labute approximate surface area is 95.4 Å². The van der Waals surface area contributed by atoms with Crippen molar-refractivity contribution in [2.24, 2.45) is 0 Å². The van der Waals surface area contributed by atoms with Crippen molar-refractivity contribution in [2.45, 2.75) is 64.5 Å². The molecule has 1 atom stereocenters. The monoisotopic (exact) mass is 212 g/mol. The van der Waals surface area contributed by atoms with Crippen LogP contribution < -0.4 is 5.32 Å². The third-order valence-electron chi connectivity index (χ3n) is 3.40. The number of nitrogens with zero attached hydrogens (tertiary/aromatic N) is 1. The van der Waals surface area contributed by atoms with Crippen LogP contribution in [0.5, 0.6) is 0 Å². The van der Waals surface area contributed by atoms with Gasteiger partial charge in [0.15, 0.2) is 0 Å². The number of nitrogens with one attached hydrogen (secondary N) is 1. The fourth-order valence-corrected chi connectivity index (χ4v) is 2.11. The van der Waals surface area contributed by atoms with Crippen LogP contribution in [0.1, 0.15) is 52.4 Å². The zero-order valence-corrected chi connectivity index (χ0v) is 10.8. The average Bonchev–Trinajstić information content (AvgIpc) is 3.06. The van der Waals surface area contributed by atoms with Crippen LogP contribution in [-0.4, -0.2) is 37.1 Å². The molecule has 0 heterocycles. The minimum Gasteiger partial charge on any atom is -0.317 e. The van der Waals surface area contributed by atoms with Crippen LogP contribution in [0.2, 0.25) is 0 Å². The normalized spacial score (nSPS) is 18.4. The summed E-state index contributed by atoms with van der Waals surface area (Å²) < 4.78 is 0. The molecule has 90 valence electrons. The molecular formula is C13H28N2.